The van der Waals surface area contributed by atoms with Crippen LogP contribution in [-0.2, 0) is 53.0 Å². The first-order chi connectivity index (χ1) is 19.1. The first kappa shape index (κ1) is 27.8. The lowest BCUT2D eigenvalue weighted by Gasteiger charge is -2.35. The number of fused-ring (bicyclic) bond motifs is 1. The fraction of sp³-hybridized carbons (Fsp3) is 0.355. The van der Waals surface area contributed by atoms with Crippen LogP contribution in [0.1, 0.15) is 23.6 Å². The van der Waals surface area contributed by atoms with Crippen LogP contribution < -0.4 is 0 Å². The third kappa shape index (κ3) is 7.48. The van der Waals surface area contributed by atoms with Crippen molar-refractivity contribution in [1.82, 2.24) is 0 Å². The van der Waals surface area contributed by atoms with E-state index >= 15 is 0 Å². The van der Waals surface area contributed by atoms with Gasteiger partial charge < -0.3 is 28.4 Å². The highest BCUT2D eigenvalue weighted by atomic mass is 79.9. The van der Waals surface area contributed by atoms with Crippen LogP contribution in [0.25, 0.3) is 0 Å². The maximum atomic E-state index is 6.47. The number of hydrogen-bond acceptors (Lipinski definition) is 7. The van der Waals surface area contributed by atoms with E-state index in [-0.39, 0.29) is 6.61 Å². The number of ether oxygens (including phenoxy) is 7. The molecular formula is C31H33BrO7. The van der Waals surface area contributed by atoms with Crippen molar-refractivity contribution in [3.63, 3.8) is 0 Å². The van der Waals surface area contributed by atoms with Crippen LogP contribution >= 0.6 is 15.9 Å². The minimum atomic E-state index is -1.32. The molecule has 0 saturated carbocycles. The van der Waals surface area contributed by atoms with Crippen LogP contribution in [0.4, 0.5) is 0 Å². The van der Waals surface area contributed by atoms with Crippen molar-refractivity contribution in [2.45, 2.75) is 51.2 Å². The molecule has 0 aromatic heterocycles. The normalized spacial score (nSPS) is 24.3. The number of alkyl halides is 1. The summed E-state index contributed by atoms with van der Waals surface area (Å²) >= 11 is 3.39. The average molecular weight is 598 g/mol. The monoisotopic (exact) mass is 596 g/mol. The number of hydrogen-bond donors (Lipinski definition) is 0. The molecule has 0 spiro atoms. The molecule has 2 heterocycles. The fourth-order valence-corrected chi connectivity index (χ4v) is 4.59. The summed E-state index contributed by atoms with van der Waals surface area (Å²) in [6.45, 7) is 3.51. The summed E-state index contributed by atoms with van der Waals surface area (Å²) in [5, 5.41) is 0.635. The van der Waals surface area contributed by atoms with Crippen molar-refractivity contribution in [3.8, 4) is 0 Å². The zero-order valence-corrected chi connectivity index (χ0v) is 23.5. The van der Waals surface area contributed by atoms with E-state index < -0.39 is 24.5 Å². The van der Waals surface area contributed by atoms with Gasteiger partial charge in [-0.05, 0) is 16.7 Å². The van der Waals surface area contributed by atoms with Crippen LogP contribution in [0, 0.1) is 0 Å². The summed E-state index contributed by atoms with van der Waals surface area (Å²) in [5.41, 5.74) is 3.12. The van der Waals surface area contributed by atoms with Gasteiger partial charge >= 0.3 is 5.97 Å². The van der Waals surface area contributed by atoms with Crippen molar-refractivity contribution >= 4 is 15.9 Å². The molecule has 206 valence electrons. The minimum absolute atomic E-state index is 0.263. The van der Waals surface area contributed by atoms with E-state index in [1.165, 1.54) is 0 Å². The van der Waals surface area contributed by atoms with Crippen molar-refractivity contribution in [1.29, 1.82) is 0 Å². The molecule has 0 N–H and O–H groups in total. The van der Waals surface area contributed by atoms with Crippen LogP contribution in [-0.4, -0.2) is 43.0 Å². The fourth-order valence-electron chi connectivity index (χ4n) is 4.43. The van der Waals surface area contributed by atoms with E-state index in [4.69, 9.17) is 33.2 Å². The summed E-state index contributed by atoms with van der Waals surface area (Å²) in [6.07, 6.45) is -1.94. The Labute approximate surface area is 237 Å². The Bertz CT molecular complexity index is 1190. The summed E-state index contributed by atoms with van der Waals surface area (Å²) in [5.74, 6) is -0.385. The largest absolute Gasteiger partial charge is 0.487 e. The van der Waals surface area contributed by atoms with Gasteiger partial charge in [0.25, 0.3) is 0 Å². The molecular weight excluding hydrogens is 564 g/mol. The molecule has 7 nitrogen and oxygen atoms in total. The van der Waals surface area contributed by atoms with E-state index in [9.17, 15) is 0 Å². The number of rotatable bonds is 13. The standard InChI is InChI=1S/C31H33BrO7/c1-31(36-18-17-32)38-29-28(35-21-25-15-9-4-10-16-25)27(34-20-24-13-7-3-8-14-24)26(37-30(29)39-31)22-33-19-23-11-5-2-6-12-23/h2-16,26-27,30H,17-22H2,1H3/t26?,27-,30+,31?/m1/s1. The first-order valence-electron chi connectivity index (χ1n) is 13.0. The molecule has 4 atom stereocenters. The highest BCUT2D eigenvalue weighted by Crippen LogP contribution is 2.41. The van der Waals surface area contributed by atoms with Gasteiger partial charge in [0.1, 0.15) is 18.8 Å². The molecule has 0 radical (unpaired) electrons. The van der Waals surface area contributed by atoms with Gasteiger partial charge in [-0.15, -0.1) is 0 Å². The van der Waals surface area contributed by atoms with Gasteiger partial charge in [0.15, 0.2) is 11.5 Å². The van der Waals surface area contributed by atoms with Gasteiger partial charge in [0, 0.05) is 12.3 Å². The number of benzene rings is 3. The second-order valence-corrected chi connectivity index (χ2v) is 10.1. The summed E-state index contributed by atoms with van der Waals surface area (Å²) < 4.78 is 43.5. The third-order valence-corrected chi connectivity index (χ3v) is 6.64. The number of halogens is 1. The van der Waals surface area contributed by atoms with E-state index in [1.54, 1.807) is 6.92 Å². The van der Waals surface area contributed by atoms with Crippen LogP contribution in [0.5, 0.6) is 0 Å². The van der Waals surface area contributed by atoms with Crippen molar-refractivity contribution in [2.75, 3.05) is 18.5 Å². The maximum Gasteiger partial charge on any atom is 0.326 e. The average Bonchev–Trinajstić information content (AvgIpc) is 3.31. The van der Waals surface area contributed by atoms with Gasteiger partial charge in [0.05, 0.1) is 26.4 Å². The van der Waals surface area contributed by atoms with Crippen LogP contribution in [0.3, 0.4) is 0 Å². The lowest BCUT2D eigenvalue weighted by atomic mass is 10.1. The predicted octanol–water partition coefficient (Wildman–Crippen LogP) is 6.07. The molecule has 2 aliphatic heterocycles. The van der Waals surface area contributed by atoms with Gasteiger partial charge in [-0.1, -0.05) is 107 Å². The van der Waals surface area contributed by atoms with E-state index in [2.05, 4.69) is 15.9 Å². The van der Waals surface area contributed by atoms with Gasteiger partial charge in [-0.25, -0.2) is 0 Å². The Morgan fingerprint density at radius 2 is 1.38 bits per heavy atom. The van der Waals surface area contributed by atoms with Gasteiger partial charge in [-0.3, -0.25) is 4.74 Å². The summed E-state index contributed by atoms with van der Waals surface area (Å²) in [7, 11) is 0. The Hall–Kier alpha value is -2.72. The molecule has 8 heteroatoms. The predicted molar refractivity (Wildman–Crippen MR) is 148 cm³/mol. The Morgan fingerprint density at radius 3 is 2.00 bits per heavy atom. The lowest BCUT2D eigenvalue weighted by molar-refractivity contribution is -0.341. The van der Waals surface area contributed by atoms with Crippen molar-refractivity contribution in [2.24, 2.45) is 0 Å². The van der Waals surface area contributed by atoms with Crippen LogP contribution in [0.15, 0.2) is 103 Å². The van der Waals surface area contributed by atoms with Crippen LogP contribution in [0.2, 0.25) is 0 Å². The zero-order valence-electron chi connectivity index (χ0n) is 21.9. The minimum Gasteiger partial charge on any atom is -0.487 e. The van der Waals surface area contributed by atoms with E-state index in [0.29, 0.717) is 43.3 Å². The molecule has 0 bridgehead atoms. The molecule has 3 aromatic carbocycles. The smallest absolute Gasteiger partial charge is 0.326 e. The second-order valence-electron chi connectivity index (χ2n) is 9.35. The van der Waals surface area contributed by atoms with Crippen molar-refractivity contribution < 1.29 is 33.2 Å². The lowest BCUT2D eigenvalue weighted by Crippen LogP contribution is -2.45. The first-order valence-corrected chi connectivity index (χ1v) is 14.2. The third-order valence-electron chi connectivity index (χ3n) is 6.31. The molecule has 39 heavy (non-hydrogen) atoms. The van der Waals surface area contributed by atoms with E-state index in [1.807, 2.05) is 91.0 Å². The molecule has 2 unspecified atom stereocenters. The topological polar surface area (TPSA) is 64.6 Å². The maximum absolute atomic E-state index is 6.47. The van der Waals surface area contributed by atoms with Crippen molar-refractivity contribution in [3.05, 3.63) is 119 Å². The second kappa shape index (κ2) is 13.6. The Morgan fingerprint density at radius 1 is 0.795 bits per heavy atom. The summed E-state index contributed by atoms with van der Waals surface area (Å²) in [4.78, 5) is 0. The SMILES string of the molecule is CC1(OCCBr)OC2=C(OCc3ccccc3)[C@H](OCc3ccccc3)C(COCc3ccccc3)O[C@H]2O1. The summed E-state index contributed by atoms with van der Waals surface area (Å²) in [6, 6.07) is 30.0. The molecule has 1 saturated heterocycles. The Balaban J connectivity index is 1.40. The molecule has 1 fully saturated rings. The van der Waals surface area contributed by atoms with Gasteiger partial charge in [-0.2, -0.15) is 0 Å². The highest BCUT2D eigenvalue weighted by Gasteiger charge is 2.52. The molecule has 3 aromatic rings. The Kier molecular flexibility index (Phi) is 9.68. The molecule has 5 rings (SSSR count). The van der Waals surface area contributed by atoms with E-state index in [0.717, 1.165) is 16.7 Å². The molecule has 0 aliphatic carbocycles. The zero-order chi connectivity index (χ0) is 26.9. The molecule has 2 aliphatic rings. The van der Waals surface area contributed by atoms with Gasteiger partial charge in [0.2, 0.25) is 6.29 Å². The molecule has 0 amide bonds. The quantitative estimate of drug-likeness (QED) is 0.222. The highest BCUT2D eigenvalue weighted by molar-refractivity contribution is 9.09.